The molecule has 0 saturated carbocycles. The average Bonchev–Trinajstić information content (AvgIpc) is 2.42. The van der Waals surface area contributed by atoms with Crippen molar-refractivity contribution < 1.29 is 19.1 Å². The maximum atomic E-state index is 11.0. The van der Waals surface area contributed by atoms with E-state index < -0.39 is 0 Å². The Morgan fingerprint density at radius 1 is 1.32 bits per heavy atom. The number of ether oxygens (including phenoxy) is 2. The Morgan fingerprint density at radius 3 is 2.47 bits per heavy atom. The van der Waals surface area contributed by atoms with Crippen LogP contribution in [0, 0.1) is 11.8 Å². The highest BCUT2D eigenvalue weighted by molar-refractivity contribution is 5.81. The molecule has 0 unspecified atom stereocenters. The molecule has 1 aromatic carbocycles. The first kappa shape index (κ1) is 14.6. The normalized spacial score (nSPS) is 9.00. The van der Waals surface area contributed by atoms with E-state index in [-0.39, 0.29) is 12.5 Å². The van der Waals surface area contributed by atoms with Gasteiger partial charge in [-0.15, -0.1) is 0 Å². The fourth-order valence-electron chi connectivity index (χ4n) is 1.41. The first-order chi connectivity index (χ1) is 9.12. The van der Waals surface area contributed by atoms with E-state index >= 15 is 0 Å². The van der Waals surface area contributed by atoms with Crippen molar-refractivity contribution in [3.05, 3.63) is 23.3 Å². The number of nitrogens with one attached hydrogen (secondary N) is 1. The summed E-state index contributed by atoms with van der Waals surface area (Å²) in [6, 6.07) is 3.19. The standard InChI is InChI=1S/C14H15NO4/c1-10(17)15-6-4-5-11-7-13(18-2)14(19-3)8-12(11)9-16/h7-9H,6H2,1-3H3,(H,15,17). The highest BCUT2D eigenvalue weighted by atomic mass is 16.5. The van der Waals surface area contributed by atoms with Crippen molar-refractivity contribution in [2.75, 3.05) is 20.8 Å². The van der Waals surface area contributed by atoms with Crippen LogP contribution in [-0.2, 0) is 4.79 Å². The molecule has 5 nitrogen and oxygen atoms in total. The minimum absolute atomic E-state index is 0.155. The number of carbonyl (C=O) groups excluding carboxylic acids is 2. The van der Waals surface area contributed by atoms with Crippen molar-refractivity contribution in [2.45, 2.75) is 6.92 Å². The molecule has 1 rings (SSSR count). The second kappa shape index (κ2) is 7.07. The van der Waals surface area contributed by atoms with E-state index in [0.717, 1.165) is 0 Å². The molecule has 0 aliphatic rings. The molecule has 0 radical (unpaired) electrons. The van der Waals surface area contributed by atoms with Gasteiger partial charge >= 0.3 is 0 Å². The van der Waals surface area contributed by atoms with Gasteiger partial charge in [-0.25, -0.2) is 0 Å². The van der Waals surface area contributed by atoms with Crippen LogP contribution in [0.15, 0.2) is 12.1 Å². The van der Waals surface area contributed by atoms with Crippen LogP contribution >= 0.6 is 0 Å². The van der Waals surface area contributed by atoms with Crippen molar-refractivity contribution >= 4 is 12.2 Å². The third kappa shape index (κ3) is 4.03. The van der Waals surface area contributed by atoms with Gasteiger partial charge in [0.2, 0.25) is 5.91 Å². The van der Waals surface area contributed by atoms with E-state index in [4.69, 9.17) is 9.47 Å². The fraction of sp³-hybridized carbons (Fsp3) is 0.286. The molecule has 0 heterocycles. The Bertz CT molecular complexity index is 540. The molecule has 0 aliphatic carbocycles. The minimum Gasteiger partial charge on any atom is -0.493 e. The molecule has 0 aromatic heterocycles. The van der Waals surface area contributed by atoms with Crippen LogP contribution in [0.4, 0.5) is 0 Å². The van der Waals surface area contributed by atoms with Crippen LogP contribution < -0.4 is 14.8 Å². The average molecular weight is 261 g/mol. The summed E-state index contributed by atoms with van der Waals surface area (Å²) in [5, 5.41) is 2.55. The lowest BCUT2D eigenvalue weighted by Gasteiger charge is -2.09. The molecular formula is C14H15NO4. The number of benzene rings is 1. The molecule has 1 amide bonds. The van der Waals surface area contributed by atoms with Crippen molar-refractivity contribution in [1.29, 1.82) is 0 Å². The molecule has 1 aromatic rings. The number of rotatable bonds is 4. The predicted octanol–water partition coefficient (Wildman–Crippen LogP) is 1.00. The lowest BCUT2D eigenvalue weighted by molar-refractivity contribution is -0.118. The largest absolute Gasteiger partial charge is 0.493 e. The van der Waals surface area contributed by atoms with Gasteiger partial charge in [0.25, 0.3) is 0 Å². The van der Waals surface area contributed by atoms with Crippen molar-refractivity contribution in [1.82, 2.24) is 5.32 Å². The summed E-state index contributed by atoms with van der Waals surface area (Å²) >= 11 is 0. The lowest BCUT2D eigenvalue weighted by atomic mass is 10.1. The number of amides is 1. The predicted molar refractivity (Wildman–Crippen MR) is 70.5 cm³/mol. The Morgan fingerprint density at radius 2 is 1.95 bits per heavy atom. The van der Waals surface area contributed by atoms with Gasteiger partial charge in [0.15, 0.2) is 17.8 Å². The van der Waals surface area contributed by atoms with Gasteiger partial charge in [-0.2, -0.15) is 0 Å². The maximum absolute atomic E-state index is 11.0. The van der Waals surface area contributed by atoms with E-state index in [1.807, 2.05) is 0 Å². The van der Waals surface area contributed by atoms with Crippen LogP contribution in [0.25, 0.3) is 0 Å². The summed E-state index contributed by atoms with van der Waals surface area (Å²) in [5.41, 5.74) is 0.936. The Balaban J connectivity index is 3.05. The van der Waals surface area contributed by atoms with Gasteiger partial charge in [0.1, 0.15) is 0 Å². The monoisotopic (exact) mass is 261 g/mol. The van der Waals surface area contributed by atoms with Crippen LogP contribution in [0.2, 0.25) is 0 Å². The summed E-state index contributed by atoms with van der Waals surface area (Å²) in [6.45, 7) is 1.64. The highest BCUT2D eigenvalue weighted by Crippen LogP contribution is 2.29. The number of aldehydes is 1. The Kier molecular flexibility index (Phi) is 5.42. The molecule has 0 bridgehead atoms. The number of hydrogen-bond donors (Lipinski definition) is 1. The third-order valence-electron chi connectivity index (χ3n) is 2.33. The van der Waals surface area contributed by atoms with E-state index in [2.05, 4.69) is 17.2 Å². The van der Waals surface area contributed by atoms with E-state index in [1.54, 1.807) is 12.1 Å². The molecule has 19 heavy (non-hydrogen) atoms. The molecule has 0 spiro atoms. The van der Waals surface area contributed by atoms with Crippen molar-refractivity contribution in [3.8, 4) is 23.3 Å². The van der Waals surface area contributed by atoms with Crippen LogP contribution in [-0.4, -0.2) is 33.0 Å². The van der Waals surface area contributed by atoms with Gasteiger partial charge in [0.05, 0.1) is 20.8 Å². The molecular weight excluding hydrogens is 246 g/mol. The van der Waals surface area contributed by atoms with Crippen molar-refractivity contribution in [3.63, 3.8) is 0 Å². The zero-order valence-electron chi connectivity index (χ0n) is 11.1. The smallest absolute Gasteiger partial charge is 0.217 e. The van der Waals surface area contributed by atoms with Gasteiger partial charge in [-0.05, 0) is 6.07 Å². The zero-order valence-corrected chi connectivity index (χ0v) is 11.1. The third-order valence-corrected chi connectivity index (χ3v) is 2.33. The fourth-order valence-corrected chi connectivity index (χ4v) is 1.41. The highest BCUT2D eigenvalue weighted by Gasteiger charge is 2.09. The maximum Gasteiger partial charge on any atom is 0.217 e. The van der Waals surface area contributed by atoms with Crippen molar-refractivity contribution in [2.24, 2.45) is 0 Å². The molecule has 0 atom stereocenters. The minimum atomic E-state index is -0.155. The zero-order chi connectivity index (χ0) is 14.3. The van der Waals surface area contributed by atoms with Gasteiger partial charge < -0.3 is 14.8 Å². The van der Waals surface area contributed by atoms with Crippen LogP contribution in [0.1, 0.15) is 22.8 Å². The SMILES string of the molecule is COc1cc(C#CCNC(C)=O)c(C=O)cc1OC. The Hall–Kier alpha value is -2.48. The first-order valence-electron chi connectivity index (χ1n) is 5.57. The second-order valence-corrected chi connectivity index (χ2v) is 3.62. The van der Waals surface area contributed by atoms with E-state index in [1.165, 1.54) is 21.1 Å². The van der Waals surface area contributed by atoms with Gasteiger partial charge in [0, 0.05) is 24.1 Å². The quantitative estimate of drug-likeness (QED) is 0.649. The molecule has 1 N–H and O–H groups in total. The second-order valence-electron chi connectivity index (χ2n) is 3.62. The summed E-state index contributed by atoms with van der Waals surface area (Å²) in [6.07, 6.45) is 0.699. The lowest BCUT2D eigenvalue weighted by Crippen LogP contribution is -2.19. The summed E-state index contributed by atoms with van der Waals surface area (Å²) in [5.74, 6) is 6.38. The van der Waals surface area contributed by atoms with E-state index in [0.29, 0.717) is 28.9 Å². The van der Waals surface area contributed by atoms with E-state index in [9.17, 15) is 9.59 Å². The molecule has 5 heteroatoms. The topological polar surface area (TPSA) is 64.6 Å². The van der Waals surface area contributed by atoms with Gasteiger partial charge in [-0.1, -0.05) is 11.8 Å². The number of methoxy groups -OCH3 is 2. The number of hydrogen-bond acceptors (Lipinski definition) is 4. The molecule has 100 valence electrons. The first-order valence-corrected chi connectivity index (χ1v) is 5.57. The number of carbonyl (C=O) groups is 2. The molecule has 0 saturated heterocycles. The molecule has 0 aliphatic heterocycles. The summed E-state index contributed by atoms with van der Waals surface area (Å²) in [4.78, 5) is 21.7. The van der Waals surface area contributed by atoms with Gasteiger partial charge in [-0.3, -0.25) is 9.59 Å². The summed E-state index contributed by atoms with van der Waals surface area (Å²) < 4.78 is 10.2. The Labute approximate surface area is 111 Å². The van der Waals surface area contributed by atoms with Crippen LogP contribution in [0.5, 0.6) is 11.5 Å². The van der Waals surface area contributed by atoms with Crippen LogP contribution in [0.3, 0.4) is 0 Å². The summed E-state index contributed by atoms with van der Waals surface area (Å²) in [7, 11) is 3.00. The molecule has 0 fully saturated rings.